The third kappa shape index (κ3) is 4.95. The Morgan fingerprint density at radius 2 is 2.00 bits per heavy atom. The van der Waals surface area contributed by atoms with Gasteiger partial charge < -0.3 is 10.4 Å². The molecule has 1 saturated heterocycles. The number of aliphatic hydroxyl groups is 1. The first-order valence-corrected chi connectivity index (χ1v) is 8.62. The Bertz CT molecular complexity index is 544. The van der Waals surface area contributed by atoms with E-state index in [0.29, 0.717) is 12.8 Å². The maximum Gasteiger partial charge on any atom is 0.256 e. The molecule has 0 aliphatic carbocycles. The van der Waals surface area contributed by atoms with E-state index < -0.39 is 30.8 Å². The summed E-state index contributed by atoms with van der Waals surface area (Å²) in [5.41, 5.74) is 1.07. The van der Waals surface area contributed by atoms with Crippen molar-refractivity contribution in [3.05, 3.63) is 35.9 Å². The van der Waals surface area contributed by atoms with Gasteiger partial charge in [0, 0.05) is 13.0 Å². The van der Waals surface area contributed by atoms with Crippen LogP contribution in [0.4, 0.5) is 13.2 Å². The van der Waals surface area contributed by atoms with Gasteiger partial charge in [-0.25, -0.2) is 13.2 Å². The summed E-state index contributed by atoms with van der Waals surface area (Å²) in [7, 11) is 0. The number of halogens is 3. The monoisotopic (exact) mass is 358 g/mol. The van der Waals surface area contributed by atoms with Gasteiger partial charge in [-0.3, -0.25) is 9.69 Å². The maximum absolute atomic E-state index is 14.4. The number of likely N-dealkylation sites (tertiary alicyclic amines) is 1. The lowest BCUT2D eigenvalue weighted by atomic mass is 10.1. The Labute approximate surface area is 146 Å². The number of hydrogen-bond acceptors (Lipinski definition) is 3. The molecule has 4 atom stereocenters. The Balaban J connectivity index is 2.02. The molecule has 0 radical (unpaired) electrons. The van der Waals surface area contributed by atoms with Gasteiger partial charge in [-0.1, -0.05) is 37.3 Å². The zero-order valence-electron chi connectivity index (χ0n) is 14.2. The molecule has 0 spiro atoms. The summed E-state index contributed by atoms with van der Waals surface area (Å²) < 4.78 is 41.1. The number of nitrogens with one attached hydrogen (secondary N) is 1. The summed E-state index contributed by atoms with van der Waals surface area (Å²) in [5.74, 6) is -0.272. The fourth-order valence-corrected chi connectivity index (χ4v) is 3.31. The van der Waals surface area contributed by atoms with Crippen LogP contribution in [0.3, 0.4) is 0 Å². The van der Waals surface area contributed by atoms with Gasteiger partial charge in [0.05, 0.1) is 6.04 Å². The molecule has 0 aromatic heterocycles. The van der Waals surface area contributed by atoms with E-state index in [9.17, 15) is 23.1 Å². The standard InChI is InChI=1S/C18H25F3N2O2/c1-2-14(24)22-11-13-15(19)17(25)16(18(20)21)23(13)10-6-9-12-7-4-3-5-8-12/h3-5,7-8,13,15-18,25H,2,6,9-11H2,1H3,(H,22,24)/t13-,15+,16?,17+/m1/s1. The molecule has 1 aromatic carbocycles. The van der Waals surface area contributed by atoms with Crippen molar-refractivity contribution in [3.63, 3.8) is 0 Å². The highest BCUT2D eigenvalue weighted by Gasteiger charge is 2.52. The second-order valence-electron chi connectivity index (χ2n) is 6.31. The van der Waals surface area contributed by atoms with E-state index in [0.717, 1.165) is 5.56 Å². The first kappa shape index (κ1) is 19.7. The molecule has 1 fully saturated rings. The molecule has 25 heavy (non-hydrogen) atoms. The minimum atomic E-state index is -2.85. The van der Waals surface area contributed by atoms with Gasteiger partial charge in [-0.15, -0.1) is 0 Å². The van der Waals surface area contributed by atoms with Gasteiger partial charge in [0.1, 0.15) is 18.3 Å². The molecule has 1 aliphatic rings. The third-order valence-electron chi connectivity index (χ3n) is 4.66. The number of rotatable bonds is 8. The molecular weight excluding hydrogens is 333 g/mol. The number of alkyl halides is 3. The normalized spacial score (nSPS) is 27.0. The average Bonchev–Trinajstić information content (AvgIpc) is 2.84. The molecule has 1 aromatic rings. The number of aryl methyl sites for hydroxylation is 1. The van der Waals surface area contributed by atoms with Gasteiger partial charge in [-0.2, -0.15) is 0 Å². The summed E-state index contributed by atoms with van der Waals surface area (Å²) in [6.07, 6.45) is -4.94. The Morgan fingerprint density at radius 1 is 1.32 bits per heavy atom. The number of carbonyl (C=O) groups excluding carboxylic acids is 1. The summed E-state index contributed by atoms with van der Waals surface area (Å²) in [5, 5.41) is 12.4. The van der Waals surface area contributed by atoms with E-state index in [2.05, 4.69) is 5.32 Å². The van der Waals surface area contributed by atoms with E-state index >= 15 is 0 Å². The molecule has 1 amide bonds. The summed E-state index contributed by atoms with van der Waals surface area (Å²) in [4.78, 5) is 12.7. The van der Waals surface area contributed by atoms with Crippen LogP contribution in [0, 0.1) is 0 Å². The molecule has 2 rings (SSSR count). The van der Waals surface area contributed by atoms with Crippen LogP contribution in [0.25, 0.3) is 0 Å². The number of aliphatic hydroxyl groups excluding tert-OH is 1. The van der Waals surface area contributed by atoms with Crippen LogP contribution in [0.2, 0.25) is 0 Å². The lowest BCUT2D eigenvalue weighted by molar-refractivity contribution is -0.121. The fraction of sp³-hybridized carbons (Fsp3) is 0.611. The van der Waals surface area contributed by atoms with E-state index in [-0.39, 0.29) is 25.4 Å². The van der Waals surface area contributed by atoms with Crippen molar-refractivity contribution in [1.29, 1.82) is 0 Å². The highest BCUT2D eigenvalue weighted by atomic mass is 19.3. The van der Waals surface area contributed by atoms with E-state index in [1.807, 2.05) is 30.3 Å². The smallest absolute Gasteiger partial charge is 0.256 e. The van der Waals surface area contributed by atoms with Crippen LogP contribution in [-0.4, -0.2) is 59.8 Å². The average molecular weight is 358 g/mol. The first-order valence-electron chi connectivity index (χ1n) is 8.62. The highest BCUT2D eigenvalue weighted by Crippen LogP contribution is 2.31. The molecule has 4 nitrogen and oxygen atoms in total. The predicted molar refractivity (Wildman–Crippen MR) is 89.3 cm³/mol. The third-order valence-corrected chi connectivity index (χ3v) is 4.66. The lowest BCUT2D eigenvalue weighted by Crippen LogP contribution is -2.48. The van der Waals surface area contributed by atoms with Crippen molar-refractivity contribution in [2.75, 3.05) is 13.1 Å². The summed E-state index contributed by atoms with van der Waals surface area (Å²) >= 11 is 0. The quantitative estimate of drug-likeness (QED) is 0.749. The molecule has 1 heterocycles. The molecule has 140 valence electrons. The summed E-state index contributed by atoms with van der Waals surface area (Å²) in [6, 6.07) is 7.10. The molecule has 0 saturated carbocycles. The van der Waals surface area contributed by atoms with Crippen molar-refractivity contribution in [2.24, 2.45) is 0 Å². The van der Waals surface area contributed by atoms with Crippen LogP contribution in [-0.2, 0) is 11.2 Å². The van der Waals surface area contributed by atoms with Gasteiger partial charge in [0.15, 0.2) is 0 Å². The number of carbonyl (C=O) groups is 1. The Kier molecular flexibility index (Phi) is 7.25. The zero-order chi connectivity index (χ0) is 18.4. The van der Waals surface area contributed by atoms with Gasteiger partial charge in [-0.05, 0) is 24.9 Å². The zero-order valence-corrected chi connectivity index (χ0v) is 14.2. The Hall–Kier alpha value is -1.60. The fourth-order valence-electron chi connectivity index (χ4n) is 3.31. The van der Waals surface area contributed by atoms with Crippen molar-refractivity contribution >= 4 is 5.91 Å². The molecule has 1 aliphatic heterocycles. The van der Waals surface area contributed by atoms with E-state index in [1.165, 1.54) is 4.90 Å². The molecular formula is C18H25F3N2O2. The number of benzene rings is 1. The highest BCUT2D eigenvalue weighted by molar-refractivity contribution is 5.75. The largest absolute Gasteiger partial charge is 0.388 e. The van der Waals surface area contributed by atoms with Crippen molar-refractivity contribution < 1.29 is 23.1 Å². The number of nitrogens with zero attached hydrogens (tertiary/aromatic N) is 1. The van der Waals surface area contributed by atoms with E-state index in [1.54, 1.807) is 6.92 Å². The van der Waals surface area contributed by atoms with Crippen molar-refractivity contribution in [1.82, 2.24) is 10.2 Å². The SMILES string of the molecule is CCC(=O)NC[C@@H]1[C@H](F)[C@H](O)C(C(F)F)N1CCCc1ccccc1. The summed E-state index contributed by atoms with van der Waals surface area (Å²) in [6.45, 7) is 1.80. The van der Waals surface area contributed by atoms with Gasteiger partial charge in [0.2, 0.25) is 5.91 Å². The number of hydrogen-bond donors (Lipinski definition) is 2. The van der Waals surface area contributed by atoms with Crippen LogP contribution < -0.4 is 5.32 Å². The van der Waals surface area contributed by atoms with Crippen molar-refractivity contribution in [3.8, 4) is 0 Å². The topological polar surface area (TPSA) is 52.6 Å². The predicted octanol–water partition coefficient (Wildman–Crippen LogP) is 2.16. The van der Waals surface area contributed by atoms with Crippen molar-refractivity contribution in [2.45, 2.75) is 57.0 Å². The molecule has 2 N–H and O–H groups in total. The minimum absolute atomic E-state index is 0.0839. The molecule has 7 heteroatoms. The number of amides is 1. The maximum atomic E-state index is 14.4. The Morgan fingerprint density at radius 3 is 2.60 bits per heavy atom. The van der Waals surface area contributed by atoms with Crippen LogP contribution in [0.1, 0.15) is 25.3 Å². The minimum Gasteiger partial charge on any atom is -0.388 e. The first-order chi connectivity index (χ1) is 12.0. The van der Waals surface area contributed by atoms with E-state index in [4.69, 9.17) is 0 Å². The van der Waals surface area contributed by atoms with Crippen LogP contribution in [0.15, 0.2) is 30.3 Å². The van der Waals surface area contributed by atoms with Gasteiger partial charge in [0.25, 0.3) is 6.43 Å². The molecule has 1 unspecified atom stereocenters. The molecule has 0 bridgehead atoms. The lowest BCUT2D eigenvalue weighted by Gasteiger charge is -2.30. The second kappa shape index (κ2) is 9.20. The van der Waals surface area contributed by atoms with Crippen LogP contribution in [0.5, 0.6) is 0 Å². The second-order valence-corrected chi connectivity index (χ2v) is 6.31. The van der Waals surface area contributed by atoms with Gasteiger partial charge >= 0.3 is 0 Å². The van der Waals surface area contributed by atoms with Crippen LogP contribution >= 0.6 is 0 Å².